The van der Waals surface area contributed by atoms with Crippen LogP contribution < -0.4 is 4.98 Å². The Balaban J connectivity index is 4.68. The summed E-state index contributed by atoms with van der Waals surface area (Å²) in [6.07, 6.45) is 0.588. The molecule has 0 spiro atoms. The van der Waals surface area contributed by atoms with E-state index < -0.39 is 8.24 Å². The van der Waals surface area contributed by atoms with Crippen LogP contribution in [0.15, 0.2) is 0 Å². The van der Waals surface area contributed by atoms with Crippen LogP contribution in [0.4, 0.5) is 0 Å². The fourth-order valence-corrected chi connectivity index (χ4v) is 3.96. The van der Waals surface area contributed by atoms with Crippen LogP contribution in [0.1, 0.15) is 41.0 Å². The molecule has 0 bridgehead atoms. The van der Waals surface area contributed by atoms with Crippen LogP contribution in [-0.4, -0.2) is 14.1 Å². The van der Waals surface area contributed by atoms with Crippen molar-refractivity contribution in [2.45, 2.75) is 59.2 Å². The van der Waals surface area contributed by atoms with E-state index in [0.29, 0.717) is 12.3 Å². The van der Waals surface area contributed by atoms with Crippen LogP contribution in [-0.2, 0) is 4.79 Å². The second-order valence-electron chi connectivity index (χ2n) is 5.40. The number of rotatable bonds is 4. The Hall–Kier alpha value is -0.313. The summed E-state index contributed by atoms with van der Waals surface area (Å²) >= 11 is 0. The van der Waals surface area contributed by atoms with Crippen molar-refractivity contribution in [2.24, 2.45) is 5.92 Å². The third-order valence-electron chi connectivity index (χ3n) is 3.83. The highest BCUT2D eigenvalue weighted by Gasteiger charge is 2.42. The molecule has 2 nitrogen and oxygen atoms in total. The van der Waals surface area contributed by atoms with Gasteiger partial charge in [0.05, 0.1) is 0 Å². The lowest BCUT2D eigenvalue weighted by Gasteiger charge is -2.43. The molecular formula is C11H25NOSi. The van der Waals surface area contributed by atoms with E-state index in [1.807, 2.05) is 6.92 Å². The van der Waals surface area contributed by atoms with Crippen molar-refractivity contribution in [1.29, 1.82) is 0 Å². The zero-order valence-electron chi connectivity index (χ0n) is 10.7. The first-order valence-corrected chi connectivity index (χ1v) is 8.46. The zero-order chi connectivity index (χ0) is 11.6. The SMILES string of the molecule is CCC(=O)N[Si](C)(C)C(C)(C)C(C)C. The van der Waals surface area contributed by atoms with Crippen LogP contribution in [0.25, 0.3) is 0 Å². The second kappa shape index (κ2) is 4.47. The minimum absolute atomic E-state index is 0.190. The van der Waals surface area contributed by atoms with E-state index in [9.17, 15) is 4.79 Å². The van der Waals surface area contributed by atoms with Gasteiger partial charge in [-0.1, -0.05) is 47.7 Å². The molecule has 1 N–H and O–H groups in total. The van der Waals surface area contributed by atoms with Gasteiger partial charge in [-0.25, -0.2) is 0 Å². The van der Waals surface area contributed by atoms with Crippen molar-refractivity contribution in [1.82, 2.24) is 4.98 Å². The molecule has 0 aliphatic heterocycles. The summed E-state index contributed by atoms with van der Waals surface area (Å²) in [6, 6.07) is 0. The number of carbonyl (C=O) groups is 1. The third kappa shape index (κ3) is 2.84. The first kappa shape index (κ1) is 13.7. The number of carbonyl (C=O) groups excluding carboxylic acids is 1. The van der Waals surface area contributed by atoms with Gasteiger partial charge in [0.15, 0.2) is 8.24 Å². The Kier molecular flexibility index (Phi) is 4.37. The van der Waals surface area contributed by atoms with Crippen molar-refractivity contribution in [2.75, 3.05) is 0 Å². The number of hydrogen-bond acceptors (Lipinski definition) is 1. The molecule has 0 aliphatic rings. The van der Waals surface area contributed by atoms with Gasteiger partial charge in [0.2, 0.25) is 5.91 Å². The summed E-state index contributed by atoms with van der Waals surface area (Å²) in [5, 5.41) is 0.234. The van der Waals surface area contributed by atoms with E-state index >= 15 is 0 Å². The molecule has 14 heavy (non-hydrogen) atoms. The summed E-state index contributed by atoms with van der Waals surface area (Å²) in [5.41, 5.74) is 0. The molecule has 1 amide bonds. The molecule has 84 valence electrons. The summed E-state index contributed by atoms with van der Waals surface area (Å²) in [5.74, 6) is 0.789. The van der Waals surface area contributed by atoms with Crippen LogP contribution in [0.3, 0.4) is 0 Å². The molecule has 0 aromatic heterocycles. The van der Waals surface area contributed by atoms with Crippen LogP contribution in [0, 0.1) is 5.92 Å². The average molecular weight is 215 g/mol. The molecule has 0 aromatic carbocycles. The molecule has 0 fully saturated rings. The lowest BCUT2D eigenvalue weighted by atomic mass is 9.99. The zero-order valence-corrected chi connectivity index (χ0v) is 11.7. The fourth-order valence-electron chi connectivity index (χ4n) is 1.32. The predicted octanol–water partition coefficient (Wildman–Crippen LogP) is 3.15. The van der Waals surface area contributed by atoms with Crippen molar-refractivity contribution in [3.8, 4) is 0 Å². The lowest BCUT2D eigenvalue weighted by molar-refractivity contribution is -0.119. The van der Waals surface area contributed by atoms with Crippen LogP contribution in [0.5, 0.6) is 0 Å². The van der Waals surface area contributed by atoms with Gasteiger partial charge in [-0.05, 0) is 11.0 Å². The fraction of sp³-hybridized carbons (Fsp3) is 0.909. The Labute approximate surface area is 89.6 Å². The largest absolute Gasteiger partial charge is 0.382 e. The van der Waals surface area contributed by atoms with E-state index in [-0.39, 0.29) is 10.9 Å². The van der Waals surface area contributed by atoms with Crippen molar-refractivity contribution in [3.05, 3.63) is 0 Å². The first-order chi connectivity index (χ1) is 6.15. The molecule has 0 radical (unpaired) electrons. The van der Waals surface area contributed by atoms with Crippen molar-refractivity contribution in [3.63, 3.8) is 0 Å². The number of hydrogen-bond donors (Lipinski definition) is 1. The van der Waals surface area contributed by atoms with E-state index in [2.05, 4.69) is 45.8 Å². The molecule has 0 aliphatic carbocycles. The van der Waals surface area contributed by atoms with E-state index in [1.54, 1.807) is 0 Å². The molecule has 0 unspecified atom stereocenters. The normalized spacial score (nSPS) is 13.1. The first-order valence-electron chi connectivity index (χ1n) is 5.46. The molecule has 3 heteroatoms. The van der Waals surface area contributed by atoms with Gasteiger partial charge in [-0.3, -0.25) is 4.79 Å². The summed E-state index contributed by atoms with van der Waals surface area (Å²) in [4.78, 5) is 14.6. The number of amides is 1. The quantitative estimate of drug-likeness (QED) is 0.717. The van der Waals surface area contributed by atoms with E-state index in [1.165, 1.54) is 0 Å². The highest BCUT2D eigenvalue weighted by Crippen LogP contribution is 2.42. The topological polar surface area (TPSA) is 29.1 Å². The van der Waals surface area contributed by atoms with Crippen LogP contribution >= 0.6 is 0 Å². The van der Waals surface area contributed by atoms with Gasteiger partial charge < -0.3 is 4.98 Å². The Morgan fingerprint density at radius 3 is 2.07 bits per heavy atom. The molecule has 0 heterocycles. The highest BCUT2D eigenvalue weighted by atomic mass is 28.3. The summed E-state index contributed by atoms with van der Waals surface area (Å²) in [7, 11) is -1.68. The number of nitrogens with one attached hydrogen (secondary N) is 1. The Morgan fingerprint density at radius 2 is 1.79 bits per heavy atom. The monoisotopic (exact) mass is 215 g/mol. The molecule has 0 saturated carbocycles. The standard InChI is InChI=1S/C11H25NOSi/c1-8-10(13)12-14(6,7)11(4,5)9(2)3/h9H,8H2,1-7H3,(H,12,13). The Morgan fingerprint density at radius 1 is 1.36 bits per heavy atom. The van der Waals surface area contributed by atoms with Gasteiger partial charge in [0, 0.05) is 6.42 Å². The maximum Gasteiger partial charge on any atom is 0.211 e. The highest BCUT2D eigenvalue weighted by molar-refractivity contribution is 6.79. The van der Waals surface area contributed by atoms with E-state index in [4.69, 9.17) is 0 Å². The van der Waals surface area contributed by atoms with Gasteiger partial charge in [-0.2, -0.15) is 0 Å². The molecule has 0 atom stereocenters. The second-order valence-corrected chi connectivity index (χ2v) is 10.2. The third-order valence-corrected chi connectivity index (χ3v) is 8.53. The van der Waals surface area contributed by atoms with Gasteiger partial charge in [0.1, 0.15) is 0 Å². The van der Waals surface area contributed by atoms with Gasteiger partial charge in [-0.15, -0.1) is 0 Å². The molecule has 0 saturated heterocycles. The molecule has 0 aromatic rings. The Bertz CT molecular complexity index is 209. The summed E-state index contributed by atoms with van der Waals surface area (Å²) in [6.45, 7) is 15.4. The van der Waals surface area contributed by atoms with Gasteiger partial charge >= 0.3 is 0 Å². The molecule has 0 rings (SSSR count). The maximum atomic E-state index is 11.4. The molecular weight excluding hydrogens is 190 g/mol. The van der Waals surface area contributed by atoms with Crippen LogP contribution in [0.2, 0.25) is 18.1 Å². The van der Waals surface area contributed by atoms with E-state index in [0.717, 1.165) is 0 Å². The summed E-state index contributed by atoms with van der Waals surface area (Å²) < 4.78 is 0. The smallest absolute Gasteiger partial charge is 0.211 e. The minimum Gasteiger partial charge on any atom is -0.382 e. The maximum absolute atomic E-state index is 11.4. The predicted molar refractivity (Wildman–Crippen MR) is 64.8 cm³/mol. The lowest BCUT2D eigenvalue weighted by Crippen LogP contribution is -2.57. The average Bonchev–Trinajstić information content (AvgIpc) is 2.02. The minimum atomic E-state index is -1.68. The van der Waals surface area contributed by atoms with Crippen molar-refractivity contribution < 1.29 is 4.79 Å². The van der Waals surface area contributed by atoms with Crippen molar-refractivity contribution >= 4 is 14.1 Å². The van der Waals surface area contributed by atoms with Gasteiger partial charge in [0.25, 0.3) is 0 Å².